The van der Waals surface area contributed by atoms with Gasteiger partial charge in [0.05, 0.1) is 0 Å². The first-order valence-corrected chi connectivity index (χ1v) is 7.76. The Bertz CT molecular complexity index is 666. The lowest BCUT2D eigenvalue weighted by Crippen LogP contribution is -2.40. The van der Waals surface area contributed by atoms with Crippen LogP contribution in [-0.4, -0.2) is 29.7 Å². The van der Waals surface area contributed by atoms with E-state index in [9.17, 15) is 4.39 Å². The standard InChI is InChI=1S/C17H21FN4O/c1-12-9-15(22-16(19)21-12)20-11-17(5-7-23-8-6-17)13-3-2-4-14(18)10-13/h2-4,9-10H,5-8,11H2,1H3,(H3,19,20,21,22). The number of anilines is 2. The van der Waals surface area contributed by atoms with Crippen LogP contribution in [0.1, 0.15) is 24.1 Å². The van der Waals surface area contributed by atoms with Gasteiger partial charge in [0.1, 0.15) is 11.6 Å². The average molecular weight is 316 g/mol. The molecule has 1 fully saturated rings. The number of hydrogen-bond acceptors (Lipinski definition) is 5. The molecule has 1 aliphatic heterocycles. The fourth-order valence-corrected chi connectivity index (χ4v) is 3.09. The molecule has 5 nitrogen and oxygen atoms in total. The third-order valence-corrected chi connectivity index (χ3v) is 4.37. The maximum atomic E-state index is 13.7. The predicted molar refractivity (Wildman–Crippen MR) is 87.8 cm³/mol. The van der Waals surface area contributed by atoms with Gasteiger partial charge in [-0.2, -0.15) is 4.98 Å². The van der Waals surface area contributed by atoms with E-state index in [4.69, 9.17) is 10.5 Å². The van der Waals surface area contributed by atoms with E-state index in [0.29, 0.717) is 25.6 Å². The average Bonchev–Trinajstić information content (AvgIpc) is 2.53. The number of ether oxygens (including phenoxy) is 1. The van der Waals surface area contributed by atoms with Crippen molar-refractivity contribution < 1.29 is 9.13 Å². The molecule has 0 unspecified atom stereocenters. The molecule has 0 bridgehead atoms. The molecule has 23 heavy (non-hydrogen) atoms. The van der Waals surface area contributed by atoms with Gasteiger partial charge in [0, 0.05) is 36.9 Å². The molecule has 122 valence electrons. The number of rotatable bonds is 4. The van der Waals surface area contributed by atoms with E-state index in [1.165, 1.54) is 6.07 Å². The summed E-state index contributed by atoms with van der Waals surface area (Å²) in [7, 11) is 0. The van der Waals surface area contributed by atoms with E-state index >= 15 is 0 Å². The van der Waals surface area contributed by atoms with E-state index < -0.39 is 0 Å². The number of nitrogens with zero attached hydrogens (tertiary/aromatic N) is 2. The summed E-state index contributed by atoms with van der Waals surface area (Å²) in [6.07, 6.45) is 1.67. The highest BCUT2D eigenvalue weighted by Gasteiger charge is 2.34. The minimum absolute atomic E-state index is 0.173. The second-order valence-corrected chi connectivity index (χ2v) is 6.01. The van der Waals surface area contributed by atoms with Crippen molar-refractivity contribution in [2.24, 2.45) is 0 Å². The summed E-state index contributed by atoms with van der Waals surface area (Å²) < 4.78 is 19.2. The maximum Gasteiger partial charge on any atom is 0.222 e. The summed E-state index contributed by atoms with van der Waals surface area (Å²) in [6, 6.07) is 8.68. The molecule has 1 aromatic heterocycles. The zero-order valence-corrected chi connectivity index (χ0v) is 13.2. The van der Waals surface area contributed by atoms with E-state index in [0.717, 1.165) is 24.1 Å². The molecule has 2 heterocycles. The van der Waals surface area contributed by atoms with Crippen LogP contribution in [0.3, 0.4) is 0 Å². The minimum Gasteiger partial charge on any atom is -0.381 e. The van der Waals surface area contributed by atoms with Gasteiger partial charge in [0.25, 0.3) is 0 Å². The first kappa shape index (κ1) is 15.7. The number of aryl methyl sites for hydroxylation is 1. The smallest absolute Gasteiger partial charge is 0.222 e. The van der Waals surface area contributed by atoms with E-state index in [1.54, 1.807) is 12.1 Å². The summed E-state index contributed by atoms with van der Waals surface area (Å²) in [5.74, 6) is 0.729. The van der Waals surface area contributed by atoms with Crippen molar-refractivity contribution in [3.63, 3.8) is 0 Å². The number of halogens is 1. The van der Waals surface area contributed by atoms with E-state index in [2.05, 4.69) is 15.3 Å². The minimum atomic E-state index is -0.213. The number of benzene rings is 1. The molecular weight excluding hydrogens is 295 g/mol. The van der Waals surface area contributed by atoms with Gasteiger partial charge in [-0.15, -0.1) is 0 Å². The molecule has 6 heteroatoms. The van der Waals surface area contributed by atoms with Crippen molar-refractivity contribution >= 4 is 11.8 Å². The van der Waals surface area contributed by atoms with Crippen molar-refractivity contribution in [3.8, 4) is 0 Å². The van der Waals surface area contributed by atoms with Gasteiger partial charge in [-0.05, 0) is 37.5 Å². The van der Waals surface area contributed by atoms with Crippen LogP contribution in [0.4, 0.5) is 16.2 Å². The molecule has 3 N–H and O–H groups in total. The Labute approximate surface area is 135 Å². The molecule has 0 amide bonds. The molecule has 1 saturated heterocycles. The Morgan fingerprint density at radius 1 is 1.26 bits per heavy atom. The summed E-state index contributed by atoms with van der Waals surface area (Å²) in [4.78, 5) is 8.28. The normalized spacial score (nSPS) is 17.0. The number of nitrogens with two attached hydrogens (primary N) is 1. The van der Waals surface area contributed by atoms with Crippen LogP contribution < -0.4 is 11.1 Å². The summed E-state index contributed by atoms with van der Waals surface area (Å²) in [5, 5.41) is 3.35. The Kier molecular flexibility index (Phi) is 4.43. The van der Waals surface area contributed by atoms with Crippen molar-refractivity contribution in [2.75, 3.05) is 30.8 Å². The second kappa shape index (κ2) is 6.50. The molecule has 1 aliphatic rings. The lowest BCUT2D eigenvalue weighted by atomic mass is 9.74. The molecule has 0 radical (unpaired) electrons. The molecule has 1 aromatic carbocycles. The summed E-state index contributed by atoms with van der Waals surface area (Å²) >= 11 is 0. The van der Waals surface area contributed by atoms with Gasteiger partial charge >= 0.3 is 0 Å². The van der Waals surface area contributed by atoms with Crippen molar-refractivity contribution in [2.45, 2.75) is 25.2 Å². The number of aromatic nitrogens is 2. The highest BCUT2D eigenvalue weighted by atomic mass is 19.1. The Morgan fingerprint density at radius 3 is 2.74 bits per heavy atom. The fourth-order valence-electron chi connectivity index (χ4n) is 3.09. The highest BCUT2D eigenvalue weighted by Crippen LogP contribution is 2.35. The van der Waals surface area contributed by atoms with Crippen molar-refractivity contribution in [1.29, 1.82) is 0 Å². The molecule has 3 rings (SSSR count). The maximum absolute atomic E-state index is 13.7. The zero-order chi connectivity index (χ0) is 16.3. The summed E-state index contributed by atoms with van der Waals surface area (Å²) in [6.45, 7) is 3.86. The Balaban J connectivity index is 1.84. The van der Waals surface area contributed by atoms with Gasteiger partial charge in [0.2, 0.25) is 5.95 Å². The lowest BCUT2D eigenvalue weighted by Gasteiger charge is -2.38. The first-order valence-electron chi connectivity index (χ1n) is 7.76. The van der Waals surface area contributed by atoms with Crippen LogP contribution in [0.15, 0.2) is 30.3 Å². The topological polar surface area (TPSA) is 73.1 Å². The third-order valence-electron chi connectivity index (χ3n) is 4.37. The first-order chi connectivity index (χ1) is 11.1. The lowest BCUT2D eigenvalue weighted by molar-refractivity contribution is 0.0542. The Hall–Kier alpha value is -2.21. The van der Waals surface area contributed by atoms with Crippen LogP contribution in [0.2, 0.25) is 0 Å². The number of hydrogen-bond donors (Lipinski definition) is 2. The quantitative estimate of drug-likeness (QED) is 0.907. The molecule has 2 aromatic rings. The van der Waals surface area contributed by atoms with Gasteiger partial charge < -0.3 is 15.8 Å². The third kappa shape index (κ3) is 3.59. The van der Waals surface area contributed by atoms with Crippen molar-refractivity contribution in [3.05, 3.63) is 47.4 Å². The van der Waals surface area contributed by atoms with Crippen LogP contribution in [-0.2, 0) is 10.2 Å². The zero-order valence-electron chi connectivity index (χ0n) is 13.2. The van der Waals surface area contributed by atoms with Gasteiger partial charge in [0.15, 0.2) is 0 Å². The van der Waals surface area contributed by atoms with Gasteiger partial charge in [-0.3, -0.25) is 0 Å². The molecule has 0 aliphatic carbocycles. The van der Waals surface area contributed by atoms with E-state index in [-0.39, 0.29) is 17.2 Å². The monoisotopic (exact) mass is 316 g/mol. The van der Waals surface area contributed by atoms with Crippen LogP contribution in [0, 0.1) is 12.7 Å². The van der Waals surface area contributed by atoms with Gasteiger partial charge in [-0.25, -0.2) is 9.37 Å². The van der Waals surface area contributed by atoms with Crippen LogP contribution in [0.25, 0.3) is 0 Å². The molecule has 0 atom stereocenters. The molecular formula is C17H21FN4O. The predicted octanol–water partition coefficient (Wildman–Crippen LogP) is 2.67. The number of nitrogens with one attached hydrogen (secondary N) is 1. The summed E-state index contributed by atoms with van der Waals surface area (Å²) in [5.41, 5.74) is 7.33. The van der Waals surface area contributed by atoms with Gasteiger partial charge in [-0.1, -0.05) is 12.1 Å². The largest absolute Gasteiger partial charge is 0.381 e. The highest BCUT2D eigenvalue weighted by molar-refractivity contribution is 5.42. The fraction of sp³-hybridized carbons (Fsp3) is 0.412. The van der Waals surface area contributed by atoms with E-state index in [1.807, 2.05) is 19.1 Å². The van der Waals surface area contributed by atoms with Crippen molar-refractivity contribution in [1.82, 2.24) is 9.97 Å². The SMILES string of the molecule is Cc1cc(NCC2(c3cccc(F)c3)CCOCC2)nc(N)n1. The van der Waals surface area contributed by atoms with Crippen LogP contribution >= 0.6 is 0 Å². The molecule has 0 saturated carbocycles. The Morgan fingerprint density at radius 2 is 2.04 bits per heavy atom. The second-order valence-electron chi connectivity index (χ2n) is 6.01. The number of nitrogen functional groups attached to an aromatic ring is 1. The van der Waals surface area contributed by atoms with Crippen LogP contribution in [0.5, 0.6) is 0 Å². The molecule has 0 spiro atoms.